The Morgan fingerprint density at radius 1 is 0.980 bits per heavy atom. The van der Waals surface area contributed by atoms with E-state index in [0.717, 1.165) is 29.1 Å². The average molecular weight is 699 g/mol. The molecule has 1 aliphatic rings. The van der Waals surface area contributed by atoms with Crippen LogP contribution >= 0.6 is 0 Å². The van der Waals surface area contributed by atoms with Gasteiger partial charge in [0.15, 0.2) is 17.3 Å². The molecule has 0 bridgehead atoms. The molecule has 12 heteroatoms. The van der Waals surface area contributed by atoms with Crippen molar-refractivity contribution in [1.82, 2.24) is 34.8 Å². The molecule has 0 spiro atoms. The SMILES string of the molecule is CCN(C)C(C)(C)CCC(=O)c1nc(NC(=O)N[C@H]2CC[C@@H](Oc3ccc4nnc(C(C)(C)COC)n4c3)c3ccccc32)cc(C(C)(C)C)n1. The van der Waals surface area contributed by atoms with Gasteiger partial charge in [-0.15, -0.1) is 10.2 Å². The summed E-state index contributed by atoms with van der Waals surface area (Å²) in [4.78, 5) is 38.2. The van der Waals surface area contributed by atoms with Gasteiger partial charge in [-0.25, -0.2) is 14.8 Å². The van der Waals surface area contributed by atoms with Crippen LogP contribution < -0.4 is 15.4 Å². The maximum absolute atomic E-state index is 13.5. The maximum atomic E-state index is 13.5. The minimum absolute atomic E-state index is 0.120. The monoisotopic (exact) mass is 698 g/mol. The smallest absolute Gasteiger partial charge is 0.320 e. The van der Waals surface area contributed by atoms with Gasteiger partial charge in [0.2, 0.25) is 0 Å². The molecule has 0 saturated heterocycles. The number of carbonyl (C=O) groups excluding carboxylic acids is 2. The zero-order valence-electron chi connectivity index (χ0n) is 31.8. The highest BCUT2D eigenvalue weighted by atomic mass is 16.5. The number of methoxy groups -OCH3 is 1. The highest BCUT2D eigenvalue weighted by Crippen LogP contribution is 2.39. The molecule has 2 amide bonds. The van der Waals surface area contributed by atoms with Crippen molar-refractivity contribution in [1.29, 1.82) is 0 Å². The molecule has 0 fully saturated rings. The van der Waals surface area contributed by atoms with Gasteiger partial charge < -0.3 is 19.7 Å². The predicted octanol–water partition coefficient (Wildman–Crippen LogP) is 7.21. The molecule has 0 saturated carbocycles. The standard InChI is InChI=1S/C39H54N8O4/c1-11-46(9)39(7,8)21-20-29(48)34-41-31(37(2,3)4)22-32(42-34)43-36(49)40-28-17-18-30(27-15-13-12-14-26(27)28)51-25-16-19-33-44-45-35(47(33)23-25)38(5,6)24-50-10/h12-16,19,22-23,28,30H,11,17-18,20-21,24H2,1-10H3,(H2,40,41,42,43,49)/t28-,30+/m0/s1. The Bertz CT molecular complexity index is 1860. The molecule has 5 rings (SSSR count). The summed E-state index contributed by atoms with van der Waals surface area (Å²) >= 11 is 0. The van der Waals surface area contributed by atoms with Crippen LogP contribution in [-0.4, -0.2) is 74.1 Å². The number of urea groups is 1. The van der Waals surface area contributed by atoms with Crippen LogP contribution in [0.3, 0.4) is 0 Å². The van der Waals surface area contributed by atoms with E-state index in [1.54, 1.807) is 13.2 Å². The van der Waals surface area contributed by atoms with Crippen LogP contribution in [0.15, 0.2) is 48.7 Å². The second-order valence-corrected chi connectivity index (χ2v) is 15.9. The van der Waals surface area contributed by atoms with Gasteiger partial charge in [0.05, 0.1) is 24.5 Å². The van der Waals surface area contributed by atoms with Crippen molar-refractivity contribution >= 4 is 23.3 Å². The average Bonchev–Trinajstić information content (AvgIpc) is 3.52. The third-order valence-electron chi connectivity index (χ3n) is 9.96. The minimum atomic E-state index is -0.402. The molecule has 1 aliphatic carbocycles. The minimum Gasteiger partial charge on any atom is -0.484 e. The van der Waals surface area contributed by atoms with E-state index in [1.807, 2.05) is 67.8 Å². The van der Waals surface area contributed by atoms with Crippen LogP contribution in [-0.2, 0) is 15.6 Å². The number of benzene rings is 1. The highest BCUT2D eigenvalue weighted by Gasteiger charge is 2.31. The van der Waals surface area contributed by atoms with E-state index in [-0.39, 0.29) is 40.1 Å². The first-order chi connectivity index (χ1) is 24.0. The first-order valence-electron chi connectivity index (χ1n) is 17.8. The summed E-state index contributed by atoms with van der Waals surface area (Å²) in [5, 5.41) is 14.8. The number of fused-ring (bicyclic) bond motifs is 2. The number of ketones is 1. The first-order valence-corrected chi connectivity index (χ1v) is 17.8. The Labute approximate surface area is 301 Å². The number of aromatic nitrogens is 5. The van der Waals surface area contributed by atoms with Gasteiger partial charge in [0, 0.05) is 36.0 Å². The fourth-order valence-electron chi connectivity index (χ4n) is 6.50. The Kier molecular flexibility index (Phi) is 11.2. The second kappa shape index (κ2) is 15.1. The molecular weight excluding hydrogens is 644 g/mol. The topological polar surface area (TPSA) is 136 Å². The van der Waals surface area contributed by atoms with Gasteiger partial charge in [0.25, 0.3) is 0 Å². The fourth-order valence-corrected chi connectivity index (χ4v) is 6.50. The third-order valence-corrected chi connectivity index (χ3v) is 9.96. The predicted molar refractivity (Wildman–Crippen MR) is 199 cm³/mol. The van der Waals surface area contributed by atoms with E-state index in [9.17, 15) is 9.59 Å². The zero-order valence-corrected chi connectivity index (χ0v) is 31.8. The molecule has 12 nitrogen and oxygen atoms in total. The molecule has 2 N–H and O–H groups in total. The lowest BCUT2D eigenvalue weighted by Gasteiger charge is -2.34. The van der Waals surface area contributed by atoms with Gasteiger partial charge in [-0.1, -0.05) is 65.8 Å². The van der Waals surface area contributed by atoms with E-state index in [4.69, 9.17) is 9.47 Å². The highest BCUT2D eigenvalue weighted by molar-refractivity contribution is 5.94. The van der Waals surface area contributed by atoms with Gasteiger partial charge in [-0.2, -0.15) is 0 Å². The molecule has 1 aromatic carbocycles. The van der Waals surface area contributed by atoms with Gasteiger partial charge >= 0.3 is 6.03 Å². The molecule has 4 aromatic rings. The Morgan fingerprint density at radius 2 is 1.71 bits per heavy atom. The van der Waals surface area contributed by atoms with Crippen molar-refractivity contribution < 1.29 is 19.1 Å². The Morgan fingerprint density at radius 3 is 2.39 bits per heavy atom. The zero-order chi connectivity index (χ0) is 37.1. The van der Waals surface area contributed by atoms with Crippen LogP contribution in [0.2, 0.25) is 0 Å². The summed E-state index contributed by atoms with van der Waals surface area (Å²) in [5.74, 6) is 1.76. The molecule has 3 heterocycles. The van der Waals surface area contributed by atoms with Crippen LogP contribution in [0.25, 0.3) is 5.65 Å². The van der Waals surface area contributed by atoms with Crippen molar-refractivity contribution in [3.05, 3.63) is 77.1 Å². The Balaban J connectivity index is 1.31. The summed E-state index contributed by atoms with van der Waals surface area (Å²) in [7, 11) is 3.74. The van der Waals surface area contributed by atoms with E-state index >= 15 is 0 Å². The summed E-state index contributed by atoms with van der Waals surface area (Å²) in [6, 6.07) is 13.0. The third kappa shape index (κ3) is 8.73. The largest absolute Gasteiger partial charge is 0.484 e. The molecule has 0 unspecified atom stereocenters. The van der Waals surface area contributed by atoms with Crippen LogP contribution in [0.4, 0.5) is 10.6 Å². The summed E-state index contributed by atoms with van der Waals surface area (Å²) in [6.45, 7) is 18.0. The number of pyridine rings is 1. The van der Waals surface area contributed by atoms with Gasteiger partial charge in [0.1, 0.15) is 23.5 Å². The summed E-state index contributed by atoms with van der Waals surface area (Å²) < 4.78 is 14.0. The molecule has 3 aromatic heterocycles. The van der Waals surface area contributed by atoms with Crippen molar-refractivity contribution in [3.63, 3.8) is 0 Å². The Hall–Kier alpha value is -4.42. The number of carbonyl (C=O) groups is 2. The normalized spacial score (nSPS) is 16.6. The number of hydrogen-bond donors (Lipinski definition) is 2. The van der Waals surface area contributed by atoms with Crippen molar-refractivity contribution in [3.8, 4) is 5.75 Å². The lowest BCUT2D eigenvalue weighted by atomic mass is 9.85. The number of nitrogens with one attached hydrogen (secondary N) is 2. The number of nitrogens with zero attached hydrogens (tertiary/aromatic N) is 6. The second-order valence-electron chi connectivity index (χ2n) is 15.9. The molecule has 0 aliphatic heterocycles. The van der Waals surface area contributed by atoms with Gasteiger partial charge in [-0.3, -0.25) is 14.5 Å². The van der Waals surface area contributed by atoms with E-state index in [0.29, 0.717) is 49.6 Å². The molecular formula is C39H54N8O4. The maximum Gasteiger partial charge on any atom is 0.320 e. The van der Waals surface area contributed by atoms with Crippen molar-refractivity contribution in [2.24, 2.45) is 0 Å². The van der Waals surface area contributed by atoms with Crippen LogP contribution in [0.5, 0.6) is 5.75 Å². The van der Waals surface area contributed by atoms with Crippen LogP contribution in [0, 0.1) is 0 Å². The number of rotatable bonds is 13. The number of amides is 2. The summed E-state index contributed by atoms with van der Waals surface area (Å²) in [5.41, 5.74) is 2.57. The number of anilines is 1. The fraction of sp³-hybridized carbons (Fsp3) is 0.538. The van der Waals surface area contributed by atoms with E-state index < -0.39 is 6.03 Å². The molecule has 274 valence electrons. The number of ether oxygens (including phenoxy) is 2. The van der Waals surface area contributed by atoms with Crippen LogP contribution in [0.1, 0.15) is 126 Å². The lowest BCUT2D eigenvalue weighted by Crippen LogP contribution is -2.41. The number of hydrogen-bond acceptors (Lipinski definition) is 9. The van der Waals surface area contributed by atoms with Gasteiger partial charge in [-0.05, 0) is 70.0 Å². The lowest BCUT2D eigenvalue weighted by molar-refractivity contribution is 0.0920. The molecule has 51 heavy (non-hydrogen) atoms. The van der Waals surface area contributed by atoms with E-state index in [2.05, 4.69) is 77.4 Å². The summed E-state index contributed by atoms with van der Waals surface area (Å²) in [6.07, 6.45) is 4.04. The molecule has 2 atom stereocenters. The van der Waals surface area contributed by atoms with E-state index in [1.165, 1.54) is 0 Å². The molecule has 0 radical (unpaired) electrons. The number of Topliss-reactive ketones (excluding diaryl/α,β-unsaturated/α-hetero) is 1. The van der Waals surface area contributed by atoms with Crippen molar-refractivity contribution in [2.75, 3.05) is 32.6 Å². The first kappa shape index (κ1) is 37.8. The van der Waals surface area contributed by atoms with Crippen molar-refractivity contribution in [2.45, 2.75) is 110 Å². The quantitative estimate of drug-likeness (QED) is 0.139.